The highest BCUT2D eigenvalue weighted by Gasteiger charge is 2.28. The van der Waals surface area contributed by atoms with Gasteiger partial charge in [0, 0.05) is 20.2 Å². The Morgan fingerprint density at radius 1 is 1.24 bits per heavy atom. The molecule has 104 valence electrons. The van der Waals surface area contributed by atoms with Gasteiger partial charge in [0.25, 0.3) is 0 Å². The van der Waals surface area contributed by atoms with E-state index >= 15 is 0 Å². The topological polar surface area (TPSA) is 30.5 Å². The SMILES string of the molecule is COCCNCC(COCC(F)(F)F)C(C)C. The fraction of sp³-hybridized carbons (Fsp3) is 1.00. The molecule has 0 aliphatic rings. The first kappa shape index (κ1) is 16.7. The summed E-state index contributed by atoms with van der Waals surface area (Å²) < 4.78 is 45.3. The van der Waals surface area contributed by atoms with Gasteiger partial charge in [-0.3, -0.25) is 0 Å². The molecule has 6 heteroatoms. The highest BCUT2D eigenvalue weighted by molar-refractivity contribution is 4.66. The number of hydrogen-bond donors (Lipinski definition) is 1. The molecule has 0 bridgehead atoms. The summed E-state index contributed by atoms with van der Waals surface area (Å²) in [6.45, 7) is 4.82. The lowest BCUT2D eigenvalue weighted by molar-refractivity contribution is -0.177. The van der Waals surface area contributed by atoms with Crippen molar-refractivity contribution in [2.45, 2.75) is 20.0 Å². The monoisotopic (exact) mass is 257 g/mol. The summed E-state index contributed by atoms with van der Waals surface area (Å²) in [4.78, 5) is 0. The van der Waals surface area contributed by atoms with Gasteiger partial charge in [-0.05, 0) is 11.8 Å². The maximum absolute atomic E-state index is 11.9. The fourth-order valence-corrected chi connectivity index (χ4v) is 1.27. The normalized spacial score (nSPS) is 14.3. The van der Waals surface area contributed by atoms with Crippen LogP contribution < -0.4 is 5.32 Å². The number of halogens is 3. The van der Waals surface area contributed by atoms with Crippen LogP contribution >= 0.6 is 0 Å². The molecule has 1 atom stereocenters. The number of alkyl halides is 3. The molecule has 0 radical (unpaired) electrons. The molecule has 0 aromatic rings. The second-order valence-electron chi connectivity index (χ2n) is 4.33. The summed E-state index contributed by atoms with van der Waals surface area (Å²) in [5, 5.41) is 3.13. The Hall–Kier alpha value is -0.330. The Bertz CT molecular complexity index is 186. The van der Waals surface area contributed by atoms with Crippen molar-refractivity contribution >= 4 is 0 Å². The van der Waals surface area contributed by atoms with Gasteiger partial charge in [0.2, 0.25) is 0 Å². The smallest absolute Gasteiger partial charge is 0.383 e. The fourth-order valence-electron chi connectivity index (χ4n) is 1.27. The van der Waals surface area contributed by atoms with Crippen LogP contribution in [0.4, 0.5) is 13.2 Å². The molecule has 17 heavy (non-hydrogen) atoms. The lowest BCUT2D eigenvalue weighted by atomic mass is 9.97. The minimum atomic E-state index is -4.25. The van der Waals surface area contributed by atoms with Crippen molar-refractivity contribution < 1.29 is 22.6 Å². The number of nitrogens with one attached hydrogen (secondary N) is 1. The van der Waals surface area contributed by atoms with E-state index in [9.17, 15) is 13.2 Å². The third-order valence-electron chi connectivity index (χ3n) is 2.43. The van der Waals surface area contributed by atoms with E-state index in [1.165, 1.54) is 0 Å². The van der Waals surface area contributed by atoms with Gasteiger partial charge in [-0.15, -0.1) is 0 Å². The van der Waals surface area contributed by atoms with E-state index in [0.717, 1.165) is 0 Å². The van der Waals surface area contributed by atoms with E-state index in [4.69, 9.17) is 4.74 Å². The molecule has 1 N–H and O–H groups in total. The molecule has 0 amide bonds. The highest BCUT2D eigenvalue weighted by atomic mass is 19.4. The molecule has 0 aromatic carbocycles. The van der Waals surface area contributed by atoms with Crippen LogP contribution in [0.25, 0.3) is 0 Å². The van der Waals surface area contributed by atoms with E-state index in [1.807, 2.05) is 13.8 Å². The first-order chi connectivity index (χ1) is 7.87. The van der Waals surface area contributed by atoms with Gasteiger partial charge in [0.1, 0.15) is 6.61 Å². The predicted octanol–water partition coefficient (Wildman–Crippen LogP) is 2.07. The van der Waals surface area contributed by atoms with E-state index < -0.39 is 12.8 Å². The van der Waals surface area contributed by atoms with Crippen LogP contribution in [0.15, 0.2) is 0 Å². The Kier molecular flexibility index (Phi) is 8.55. The molecule has 3 nitrogen and oxygen atoms in total. The second kappa shape index (κ2) is 8.72. The van der Waals surface area contributed by atoms with Crippen molar-refractivity contribution in [1.82, 2.24) is 5.32 Å². The van der Waals surface area contributed by atoms with Crippen molar-refractivity contribution in [1.29, 1.82) is 0 Å². The minimum absolute atomic E-state index is 0.0780. The van der Waals surface area contributed by atoms with Crippen LogP contribution in [0.1, 0.15) is 13.8 Å². The van der Waals surface area contributed by atoms with E-state index in [-0.39, 0.29) is 18.4 Å². The summed E-state index contributed by atoms with van der Waals surface area (Å²) in [6.07, 6.45) is -4.25. The van der Waals surface area contributed by atoms with E-state index in [0.29, 0.717) is 19.7 Å². The molecule has 0 aliphatic carbocycles. The van der Waals surface area contributed by atoms with Gasteiger partial charge in [-0.2, -0.15) is 13.2 Å². The zero-order valence-electron chi connectivity index (χ0n) is 10.6. The predicted molar refractivity (Wildman–Crippen MR) is 59.9 cm³/mol. The minimum Gasteiger partial charge on any atom is -0.383 e. The first-order valence-electron chi connectivity index (χ1n) is 5.71. The maximum atomic E-state index is 11.9. The van der Waals surface area contributed by atoms with Gasteiger partial charge >= 0.3 is 6.18 Å². The molecular formula is C11H22F3NO2. The quantitative estimate of drug-likeness (QED) is 0.641. The molecule has 0 aliphatic heterocycles. The van der Waals surface area contributed by atoms with E-state index in [2.05, 4.69) is 10.1 Å². The number of methoxy groups -OCH3 is 1. The average molecular weight is 257 g/mol. The maximum Gasteiger partial charge on any atom is 0.411 e. The largest absolute Gasteiger partial charge is 0.411 e. The highest BCUT2D eigenvalue weighted by Crippen LogP contribution is 2.16. The third kappa shape index (κ3) is 10.5. The Morgan fingerprint density at radius 2 is 1.88 bits per heavy atom. The van der Waals surface area contributed by atoms with Crippen molar-refractivity contribution in [3.05, 3.63) is 0 Å². The lowest BCUT2D eigenvalue weighted by Gasteiger charge is -2.21. The molecule has 0 aromatic heterocycles. The van der Waals surface area contributed by atoms with Gasteiger partial charge in [0.15, 0.2) is 0 Å². The van der Waals surface area contributed by atoms with Crippen molar-refractivity contribution in [3.63, 3.8) is 0 Å². The summed E-state index contributed by atoms with van der Waals surface area (Å²) in [6, 6.07) is 0. The molecular weight excluding hydrogens is 235 g/mol. The summed E-state index contributed by atoms with van der Waals surface area (Å²) in [7, 11) is 1.61. The standard InChI is InChI=1S/C11H22F3NO2/c1-9(2)10(6-15-4-5-16-3)7-17-8-11(12,13)14/h9-10,15H,4-8H2,1-3H3. The summed E-state index contributed by atoms with van der Waals surface area (Å²) in [5.74, 6) is 0.354. The molecule has 1 unspecified atom stereocenters. The summed E-state index contributed by atoms with van der Waals surface area (Å²) >= 11 is 0. The molecule has 0 heterocycles. The first-order valence-corrected chi connectivity index (χ1v) is 5.71. The molecule has 0 spiro atoms. The van der Waals surface area contributed by atoms with Gasteiger partial charge < -0.3 is 14.8 Å². The van der Waals surface area contributed by atoms with E-state index in [1.54, 1.807) is 7.11 Å². The molecule has 0 saturated heterocycles. The van der Waals surface area contributed by atoms with Crippen LogP contribution in [0, 0.1) is 11.8 Å². The Labute approximate surface area is 101 Å². The van der Waals surface area contributed by atoms with Crippen LogP contribution in [0.3, 0.4) is 0 Å². The molecule has 0 saturated carbocycles. The van der Waals surface area contributed by atoms with Gasteiger partial charge in [-0.1, -0.05) is 13.8 Å². The van der Waals surface area contributed by atoms with Crippen LogP contribution in [0.2, 0.25) is 0 Å². The average Bonchev–Trinajstić information content (AvgIpc) is 2.19. The van der Waals surface area contributed by atoms with Crippen molar-refractivity contribution in [2.75, 3.05) is 40.0 Å². The van der Waals surface area contributed by atoms with Crippen molar-refractivity contribution in [2.24, 2.45) is 11.8 Å². The Balaban J connectivity index is 3.75. The Morgan fingerprint density at radius 3 is 2.35 bits per heavy atom. The number of rotatable bonds is 9. The van der Waals surface area contributed by atoms with Gasteiger partial charge in [-0.25, -0.2) is 0 Å². The van der Waals surface area contributed by atoms with Crippen LogP contribution in [-0.4, -0.2) is 46.2 Å². The van der Waals surface area contributed by atoms with Crippen molar-refractivity contribution in [3.8, 4) is 0 Å². The zero-order chi connectivity index (χ0) is 13.3. The third-order valence-corrected chi connectivity index (χ3v) is 2.43. The summed E-state index contributed by atoms with van der Waals surface area (Å²) in [5.41, 5.74) is 0. The number of ether oxygens (including phenoxy) is 2. The molecule has 0 fully saturated rings. The molecule has 0 rings (SSSR count). The second-order valence-corrected chi connectivity index (χ2v) is 4.33. The zero-order valence-corrected chi connectivity index (χ0v) is 10.6. The van der Waals surface area contributed by atoms with Gasteiger partial charge in [0.05, 0.1) is 13.2 Å². The van der Waals surface area contributed by atoms with Crippen LogP contribution in [-0.2, 0) is 9.47 Å². The number of hydrogen-bond acceptors (Lipinski definition) is 3. The lowest BCUT2D eigenvalue weighted by Crippen LogP contribution is -2.32. The van der Waals surface area contributed by atoms with Crippen LogP contribution in [0.5, 0.6) is 0 Å².